The lowest BCUT2D eigenvalue weighted by molar-refractivity contribution is -0.670. The van der Waals surface area contributed by atoms with E-state index in [1.54, 1.807) is 0 Å². The second-order valence-corrected chi connectivity index (χ2v) is 4.35. The number of halogens is 4. The van der Waals surface area contributed by atoms with Crippen molar-refractivity contribution in [3.63, 3.8) is 0 Å². The van der Waals surface area contributed by atoms with E-state index in [9.17, 15) is 17.3 Å². The lowest BCUT2D eigenvalue weighted by atomic mass is 10.3. The molecule has 2 unspecified atom stereocenters. The van der Waals surface area contributed by atoms with Crippen LogP contribution in [0, 0.1) is 0 Å². The average Bonchev–Trinajstić information content (AvgIpc) is 2.78. The minimum absolute atomic E-state index is 0.431. The van der Waals surface area contributed by atoms with Crippen molar-refractivity contribution in [1.29, 1.82) is 0 Å². The number of hydrogen-bond acceptors (Lipinski definition) is 1. The van der Waals surface area contributed by atoms with Crippen LogP contribution in [0.2, 0.25) is 0 Å². The highest BCUT2D eigenvalue weighted by Gasteiger charge is 2.20. The monoisotopic (exact) mass is 300 g/mol. The third kappa shape index (κ3) is 22.2. The molecule has 120 valence electrons. The van der Waals surface area contributed by atoms with Crippen molar-refractivity contribution < 1.29 is 26.6 Å². The van der Waals surface area contributed by atoms with Gasteiger partial charge in [-0.25, -0.2) is 4.57 Å². The molecule has 0 saturated carbocycles. The molecule has 1 N–H and O–H groups in total. The zero-order chi connectivity index (χ0) is 16.2. The van der Waals surface area contributed by atoms with E-state index in [1.165, 1.54) is 0 Å². The molecule has 0 aliphatic heterocycles. The number of hydrogen-bond donors (Lipinski definition) is 1. The van der Waals surface area contributed by atoms with Crippen LogP contribution in [0.25, 0.3) is 0 Å². The predicted molar refractivity (Wildman–Crippen MR) is 72.7 cm³/mol. The molecule has 1 aromatic heterocycles. The summed E-state index contributed by atoms with van der Waals surface area (Å²) in [5.74, 6) is 0. The van der Waals surface area contributed by atoms with Crippen LogP contribution in [0.5, 0.6) is 0 Å². The number of aromatic amines is 1. The van der Waals surface area contributed by atoms with Crippen molar-refractivity contribution in [3.05, 3.63) is 18.7 Å². The highest BCUT2D eigenvalue weighted by Crippen LogP contribution is 2.06. The molecule has 1 rings (SSSR count). The van der Waals surface area contributed by atoms with Crippen molar-refractivity contribution in [2.45, 2.75) is 52.7 Å². The third-order valence-electron chi connectivity index (χ3n) is 2.30. The highest BCUT2D eigenvalue weighted by molar-refractivity contribution is 6.50. The second-order valence-electron chi connectivity index (χ2n) is 4.35. The average molecular weight is 300 g/mol. The maximum atomic E-state index is 9.75. The Morgan fingerprint density at radius 1 is 1.10 bits per heavy atom. The van der Waals surface area contributed by atoms with Crippen molar-refractivity contribution in [2.24, 2.45) is 7.05 Å². The molecule has 3 nitrogen and oxygen atoms in total. The summed E-state index contributed by atoms with van der Waals surface area (Å²) in [6.45, 7) is 8.53. The van der Waals surface area contributed by atoms with Gasteiger partial charge in [-0.05, 0) is 26.7 Å². The molecule has 20 heavy (non-hydrogen) atoms. The first-order chi connectivity index (χ1) is 9.10. The predicted octanol–water partition coefficient (Wildman–Crippen LogP) is 3.74. The van der Waals surface area contributed by atoms with Crippen LogP contribution in [-0.2, 0) is 11.8 Å². The normalized spacial score (nSPS) is 13.4. The summed E-state index contributed by atoms with van der Waals surface area (Å²) in [7, 11) is -4.03. The minimum Gasteiger partial charge on any atom is -0.418 e. The van der Waals surface area contributed by atoms with Crippen LogP contribution in [0.15, 0.2) is 18.7 Å². The lowest BCUT2D eigenvalue weighted by Crippen LogP contribution is -2.22. The first-order valence-corrected chi connectivity index (χ1v) is 6.60. The van der Waals surface area contributed by atoms with E-state index in [1.807, 2.05) is 30.3 Å². The molecule has 8 heteroatoms. The molecular weight excluding hydrogens is 275 g/mol. The first kappa shape index (κ1) is 21.3. The second kappa shape index (κ2) is 11.8. The van der Waals surface area contributed by atoms with Gasteiger partial charge >= 0.3 is 7.25 Å². The molecule has 2 atom stereocenters. The summed E-state index contributed by atoms with van der Waals surface area (Å²) >= 11 is 0. The van der Waals surface area contributed by atoms with Crippen molar-refractivity contribution in [1.82, 2.24) is 4.98 Å². The van der Waals surface area contributed by atoms with E-state index < -0.39 is 7.25 Å². The van der Waals surface area contributed by atoms with E-state index in [2.05, 4.69) is 32.7 Å². The Kier molecular flexibility index (Phi) is 12.5. The SMILES string of the molecule is CCC(C)OC(C)CC.C[n+]1cc[nH]c1.F[B-](F)(F)F. The molecule has 1 aromatic rings. The van der Waals surface area contributed by atoms with Gasteiger partial charge in [-0.1, -0.05) is 13.8 Å². The highest BCUT2D eigenvalue weighted by atomic mass is 19.5. The fraction of sp³-hybridized carbons (Fsp3) is 0.750. The van der Waals surface area contributed by atoms with Crippen LogP contribution in [0.3, 0.4) is 0 Å². The number of ether oxygens (including phenoxy) is 1. The first-order valence-electron chi connectivity index (χ1n) is 6.60. The van der Waals surface area contributed by atoms with Crippen LogP contribution >= 0.6 is 0 Å². The number of nitrogens with zero attached hydrogens (tertiary/aromatic N) is 1. The molecule has 0 bridgehead atoms. The Balaban J connectivity index is 0. The third-order valence-corrected chi connectivity index (χ3v) is 2.30. The van der Waals surface area contributed by atoms with Crippen LogP contribution in [-0.4, -0.2) is 24.4 Å². The Labute approximate surface area is 118 Å². The fourth-order valence-electron chi connectivity index (χ4n) is 0.953. The molecule has 0 amide bonds. The van der Waals surface area contributed by atoms with Gasteiger partial charge in [0.25, 0.3) is 0 Å². The van der Waals surface area contributed by atoms with Crippen molar-refractivity contribution in [3.8, 4) is 0 Å². The number of rotatable bonds is 4. The van der Waals surface area contributed by atoms with Crippen LogP contribution in [0.1, 0.15) is 40.5 Å². The molecule has 0 saturated heterocycles. The van der Waals surface area contributed by atoms with Crippen molar-refractivity contribution >= 4 is 7.25 Å². The van der Waals surface area contributed by atoms with E-state index >= 15 is 0 Å². The Morgan fingerprint density at radius 3 is 1.65 bits per heavy atom. The zero-order valence-electron chi connectivity index (χ0n) is 12.7. The number of aryl methyl sites for hydroxylation is 1. The van der Waals surface area contributed by atoms with Crippen molar-refractivity contribution in [2.75, 3.05) is 0 Å². The van der Waals surface area contributed by atoms with Gasteiger partial charge in [0.1, 0.15) is 12.4 Å². The quantitative estimate of drug-likeness (QED) is 0.512. The van der Waals surface area contributed by atoms with Crippen LogP contribution in [0.4, 0.5) is 17.3 Å². The zero-order valence-corrected chi connectivity index (χ0v) is 12.7. The van der Waals surface area contributed by atoms with Gasteiger partial charge in [0.2, 0.25) is 6.33 Å². The van der Waals surface area contributed by atoms with Gasteiger partial charge in [0.15, 0.2) is 0 Å². The van der Waals surface area contributed by atoms with E-state index in [0.717, 1.165) is 12.8 Å². The van der Waals surface area contributed by atoms with Gasteiger partial charge in [0.05, 0.1) is 19.3 Å². The minimum atomic E-state index is -6.00. The summed E-state index contributed by atoms with van der Waals surface area (Å²) < 4.78 is 46.5. The van der Waals surface area contributed by atoms with E-state index in [4.69, 9.17) is 4.74 Å². The Hall–Kier alpha value is -1.05. The summed E-state index contributed by atoms with van der Waals surface area (Å²) in [6, 6.07) is 0. The molecule has 0 aliphatic rings. The topological polar surface area (TPSA) is 28.9 Å². The van der Waals surface area contributed by atoms with Gasteiger partial charge in [-0.15, -0.1) is 0 Å². The largest absolute Gasteiger partial charge is 0.673 e. The number of H-pyrrole nitrogens is 1. The van der Waals surface area contributed by atoms with Gasteiger partial charge < -0.3 is 22.0 Å². The smallest absolute Gasteiger partial charge is 0.418 e. The van der Waals surface area contributed by atoms with Gasteiger partial charge in [-0.2, -0.15) is 0 Å². The maximum absolute atomic E-state index is 9.75. The van der Waals surface area contributed by atoms with Crippen LogP contribution < -0.4 is 4.57 Å². The van der Waals surface area contributed by atoms with E-state index in [-0.39, 0.29) is 0 Å². The summed E-state index contributed by atoms with van der Waals surface area (Å²) in [5, 5.41) is 0. The summed E-state index contributed by atoms with van der Waals surface area (Å²) in [5.41, 5.74) is 0. The van der Waals surface area contributed by atoms with Gasteiger partial charge in [0, 0.05) is 0 Å². The molecule has 0 radical (unpaired) electrons. The van der Waals surface area contributed by atoms with E-state index in [0.29, 0.717) is 12.2 Å². The maximum Gasteiger partial charge on any atom is 0.673 e. The Bertz CT molecular complexity index is 293. The molecule has 1 heterocycles. The lowest BCUT2D eigenvalue weighted by Gasteiger charge is -2.15. The summed E-state index contributed by atoms with van der Waals surface area (Å²) in [6.07, 6.45) is 8.79. The molecular formula is C12H25BF4N2O. The molecule has 0 aliphatic carbocycles. The number of aromatic nitrogens is 2. The summed E-state index contributed by atoms with van der Waals surface area (Å²) in [4.78, 5) is 2.89. The number of nitrogens with one attached hydrogen (secondary N) is 1. The molecule has 0 spiro atoms. The fourth-order valence-corrected chi connectivity index (χ4v) is 0.953. The molecule has 0 fully saturated rings. The number of imidazole rings is 1. The van der Waals surface area contributed by atoms with Gasteiger partial charge in [-0.3, -0.25) is 4.98 Å². The Morgan fingerprint density at radius 2 is 1.50 bits per heavy atom. The standard InChI is InChI=1S/C8H18O.C4H6N2.BF4/c1-5-7(3)9-8(4)6-2;1-6-3-2-5-4-6;2-1(3,4)5/h7-8H,5-6H2,1-4H3;2-4H,1H3;/q;;-1/p+1. The molecule has 0 aromatic carbocycles.